The van der Waals surface area contributed by atoms with Gasteiger partial charge in [0.2, 0.25) is 0 Å². The molecule has 0 fully saturated rings. The summed E-state index contributed by atoms with van der Waals surface area (Å²) >= 11 is 0. The Kier molecular flexibility index (Phi) is 4.10. The molecule has 0 spiro atoms. The fourth-order valence-electron chi connectivity index (χ4n) is 1.59. The zero-order valence-electron chi connectivity index (χ0n) is 10.8. The van der Waals surface area contributed by atoms with Crippen LogP contribution in [0.25, 0.3) is 0 Å². The van der Waals surface area contributed by atoms with Gasteiger partial charge in [-0.3, -0.25) is 5.43 Å². The molecule has 0 bridgehead atoms. The highest BCUT2D eigenvalue weighted by Crippen LogP contribution is 2.10. The topological polar surface area (TPSA) is 61.7 Å². The maximum Gasteiger partial charge on any atom is 0.335 e. The average Bonchev–Trinajstić information content (AvgIpc) is 2.46. The molecule has 0 atom stereocenters. The molecule has 0 saturated carbocycles. The molecule has 0 aliphatic rings. The molecule has 2 rings (SSSR count). The Morgan fingerprint density at radius 3 is 2.15 bits per heavy atom. The van der Waals surface area contributed by atoms with Crippen molar-refractivity contribution in [3.8, 4) is 0 Å². The lowest BCUT2D eigenvalue weighted by Gasteiger charge is -2.04. The summed E-state index contributed by atoms with van der Waals surface area (Å²) in [6, 6.07) is 12.3. The number of carboxylic acid groups (broad SMARTS) is 1. The molecule has 0 heterocycles. The van der Waals surface area contributed by atoms with E-state index in [2.05, 4.69) is 10.5 Å². The van der Waals surface area contributed by atoms with E-state index in [0.717, 1.165) is 5.56 Å². The molecule has 5 heteroatoms. The van der Waals surface area contributed by atoms with E-state index in [0.29, 0.717) is 11.4 Å². The SMILES string of the molecule is C/C(=N/Nc1ccc(C(=O)O)cc1)c1ccc(F)cc1. The summed E-state index contributed by atoms with van der Waals surface area (Å²) in [6.07, 6.45) is 0. The summed E-state index contributed by atoms with van der Waals surface area (Å²) in [7, 11) is 0. The molecule has 0 unspecified atom stereocenters. The summed E-state index contributed by atoms with van der Waals surface area (Å²) in [5.74, 6) is -1.26. The zero-order chi connectivity index (χ0) is 14.5. The fraction of sp³-hybridized carbons (Fsp3) is 0.0667. The Morgan fingerprint density at radius 2 is 1.60 bits per heavy atom. The highest BCUT2D eigenvalue weighted by Gasteiger charge is 2.01. The molecule has 0 aliphatic heterocycles. The fourth-order valence-corrected chi connectivity index (χ4v) is 1.59. The number of rotatable bonds is 4. The summed E-state index contributed by atoms with van der Waals surface area (Å²) in [6.45, 7) is 1.80. The number of aromatic carboxylic acids is 1. The summed E-state index contributed by atoms with van der Waals surface area (Å²) < 4.78 is 12.8. The number of carbonyl (C=O) groups is 1. The minimum Gasteiger partial charge on any atom is -0.478 e. The molecule has 2 aromatic carbocycles. The van der Waals surface area contributed by atoms with Crippen LogP contribution < -0.4 is 5.43 Å². The second kappa shape index (κ2) is 5.97. The van der Waals surface area contributed by atoms with Crippen LogP contribution in [0.4, 0.5) is 10.1 Å². The van der Waals surface area contributed by atoms with Crippen molar-refractivity contribution in [1.82, 2.24) is 0 Å². The third kappa shape index (κ3) is 3.41. The quantitative estimate of drug-likeness (QED) is 0.662. The van der Waals surface area contributed by atoms with Gasteiger partial charge in [-0.25, -0.2) is 9.18 Å². The molecule has 2 N–H and O–H groups in total. The summed E-state index contributed by atoms with van der Waals surface area (Å²) in [5.41, 5.74) is 5.23. The van der Waals surface area contributed by atoms with Crippen LogP contribution in [0.15, 0.2) is 53.6 Å². The van der Waals surface area contributed by atoms with Gasteiger partial charge in [-0.2, -0.15) is 5.10 Å². The number of nitrogens with zero attached hydrogens (tertiary/aromatic N) is 1. The molecule has 0 amide bonds. The molecular formula is C15H13FN2O2. The Bertz CT molecular complexity index is 634. The summed E-state index contributed by atoms with van der Waals surface area (Å²) in [5, 5.41) is 13.0. The lowest BCUT2D eigenvalue weighted by molar-refractivity contribution is 0.0697. The third-order valence-corrected chi connectivity index (χ3v) is 2.75. The monoisotopic (exact) mass is 272 g/mol. The van der Waals surface area contributed by atoms with Gasteiger partial charge in [0.05, 0.1) is 17.0 Å². The van der Waals surface area contributed by atoms with Gasteiger partial charge in [0, 0.05) is 0 Å². The molecule has 102 valence electrons. The molecular weight excluding hydrogens is 259 g/mol. The van der Waals surface area contributed by atoms with Crippen LogP contribution in [-0.4, -0.2) is 16.8 Å². The molecule has 0 saturated heterocycles. The van der Waals surface area contributed by atoms with Crippen molar-refractivity contribution >= 4 is 17.4 Å². The molecule has 20 heavy (non-hydrogen) atoms. The van der Waals surface area contributed by atoms with Crippen LogP contribution >= 0.6 is 0 Å². The lowest BCUT2D eigenvalue weighted by Crippen LogP contribution is -2.00. The maximum absolute atomic E-state index is 12.8. The molecule has 2 aromatic rings. The minimum absolute atomic E-state index is 0.217. The maximum atomic E-state index is 12.8. The van der Waals surface area contributed by atoms with Gasteiger partial charge in [0.1, 0.15) is 5.82 Å². The van der Waals surface area contributed by atoms with Gasteiger partial charge < -0.3 is 5.11 Å². The second-order valence-corrected chi connectivity index (χ2v) is 4.20. The third-order valence-electron chi connectivity index (χ3n) is 2.75. The van der Waals surface area contributed by atoms with Crippen LogP contribution in [0.3, 0.4) is 0 Å². The van der Waals surface area contributed by atoms with Crippen LogP contribution in [0.5, 0.6) is 0 Å². The first-order chi connectivity index (χ1) is 9.56. The van der Waals surface area contributed by atoms with Gasteiger partial charge in [0.15, 0.2) is 0 Å². The van der Waals surface area contributed by atoms with E-state index in [1.807, 2.05) is 0 Å². The van der Waals surface area contributed by atoms with Crippen molar-refractivity contribution in [3.05, 3.63) is 65.5 Å². The van der Waals surface area contributed by atoms with Crippen molar-refractivity contribution in [2.24, 2.45) is 5.10 Å². The molecule has 4 nitrogen and oxygen atoms in total. The minimum atomic E-state index is -0.970. The van der Waals surface area contributed by atoms with Crippen molar-refractivity contribution in [3.63, 3.8) is 0 Å². The number of halogens is 1. The van der Waals surface area contributed by atoms with Gasteiger partial charge in [-0.1, -0.05) is 12.1 Å². The highest BCUT2D eigenvalue weighted by molar-refractivity contribution is 5.99. The number of carboxylic acids is 1. The van der Waals surface area contributed by atoms with Gasteiger partial charge in [0.25, 0.3) is 0 Å². The van der Waals surface area contributed by atoms with E-state index in [4.69, 9.17) is 5.11 Å². The summed E-state index contributed by atoms with van der Waals surface area (Å²) in [4.78, 5) is 10.7. The van der Waals surface area contributed by atoms with Crippen molar-refractivity contribution < 1.29 is 14.3 Å². The Hall–Kier alpha value is -2.69. The standard InChI is InChI=1S/C15H13FN2O2/c1-10(11-2-6-13(16)7-3-11)17-18-14-8-4-12(5-9-14)15(19)20/h2-9,18H,1H3,(H,19,20)/b17-10-. The predicted octanol–water partition coefficient (Wildman–Crippen LogP) is 3.36. The van der Waals surface area contributed by atoms with Crippen LogP contribution in [0.2, 0.25) is 0 Å². The first kappa shape index (κ1) is 13.7. The van der Waals surface area contributed by atoms with E-state index < -0.39 is 5.97 Å². The van der Waals surface area contributed by atoms with E-state index in [1.165, 1.54) is 24.3 Å². The Morgan fingerprint density at radius 1 is 1.05 bits per heavy atom. The average molecular weight is 272 g/mol. The highest BCUT2D eigenvalue weighted by atomic mass is 19.1. The largest absolute Gasteiger partial charge is 0.478 e. The molecule has 0 aromatic heterocycles. The second-order valence-electron chi connectivity index (χ2n) is 4.20. The van der Waals surface area contributed by atoms with Crippen molar-refractivity contribution in [1.29, 1.82) is 0 Å². The predicted molar refractivity (Wildman–Crippen MR) is 75.6 cm³/mol. The van der Waals surface area contributed by atoms with Gasteiger partial charge in [-0.15, -0.1) is 0 Å². The zero-order valence-corrected chi connectivity index (χ0v) is 10.8. The number of anilines is 1. The molecule has 0 radical (unpaired) electrons. The van der Waals surface area contributed by atoms with E-state index in [1.54, 1.807) is 31.2 Å². The van der Waals surface area contributed by atoms with E-state index in [9.17, 15) is 9.18 Å². The van der Waals surface area contributed by atoms with Gasteiger partial charge in [-0.05, 0) is 48.9 Å². The van der Waals surface area contributed by atoms with Crippen molar-refractivity contribution in [2.75, 3.05) is 5.43 Å². The Balaban J connectivity index is 2.08. The van der Waals surface area contributed by atoms with Crippen LogP contribution in [-0.2, 0) is 0 Å². The van der Waals surface area contributed by atoms with Crippen LogP contribution in [0, 0.1) is 5.82 Å². The van der Waals surface area contributed by atoms with Gasteiger partial charge >= 0.3 is 5.97 Å². The van der Waals surface area contributed by atoms with E-state index >= 15 is 0 Å². The van der Waals surface area contributed by atoms with Crippen LogP contribution in [0.1, 0.15) is 22.8 Å². The number of hydrazone groups is 1. The number of benzene rings is 2. The number of nitrogens with one attached hydrogen (secondary N) is 1. The Labute approximate surface area is 115 Å². The molecule has 0 aliphatic carbocycles. The number of hydrogen-bond donors (Lipinski definition) is 2. The first-order valence-corrected chi connectivity index (χ1v) is 5.96. The van der Waals surface area contributed by atoms with Crippen molar-refractivity contribution in [2.45, 2.75) is 6.92 Å². The number of hydrogen-bond acceptors (Lipinski definition) is 3. The lowest BCUT2D eigenvalue weighted by atomic mass is 10.1. The smallest absolute Gasteiger partial charge is 0.335 e. The normalized spacial score (nSPS) is 11.2. The first-order valence-electron chi connectivity index (χ1n) is 5.96. The van der Waals surface area contributed by atoms with E-state index in [-0.39, 0.29) is 11.4 Å².